The number of carbonyl (C=O) groups is 2. The third kappa shape index (κ3) is 6.16. The zero-order chi connectivity index (χ0) is 40.5. The summed E-state index contributed by atoms with van der Waals surface area (Å²) in [6.45, 7) is 5.49. The number of nitrogens with zero attached hydrogens (tertiary/aromatic N) is 7. The van der Waals surface area contributed by atoms with E-state index in [1.165, 1.54) is 41.4 Å². The molecule has 2 bridgehead atoms. The van der Waals surface area contributed by atoms with Crippen LogP contribution in [0.2, 0.25) is 0 Å². The molecule has 4 atom stereocenters. The average Bonchev–Trinajstić information content (AvgIpc) is 3.85. The molecule has 4 aliphatic heterocycles. The van der Waals surface area contributed by atoms with Crippen LogP contribution in [0.5, 0.6) is 11.8 Å². The van der Waals surface area contributed by atoms with Crippen molar-refractivity contribution < 1.29 is 32.6 Å². The molecule has 11 nitrogen and oxygen atoms in total. The van der Waals surface area contributed by atoms with Crippen LogP contribution in [0.1, 0.15) is 48.0 Å². The number of piperazine rings is 1. The van der Waals surface area contributed by atoms with Gasteiger partial charge in [-0.05, 0) is 80.1 Å². The van der Waals surface area contributed by atoms with Gasteiger partial charge in [-0.1, -0.05) is 24.6 Å². The predicted octanol–water partition coefficient (Wildman–Crippen LogP) is 6.41. The lowest BCUT2D eigenvalue weighted by Crippen LogP contribution is -2.56. The fourth-order valence-corrected chi connectivity index (χ4v) is 9.58. The maximum Gasteiger partial charge on any atom is 0.319 e. The molecule has 9 rings (SSSR count). The van der Waals surface area contributed by atoms with E-state index in [1.54, 1.807) is 31.3 Å². The van der Waals surface area contributed by atoms with Crippen LogP contribution in [-0.4, -0.2) is 105 Å². The minimum Gasteiger partial charge on any atom is -0.508 e. The number of benzene rings is 3. The molecule has 0 saturated carbocycles. The van der Waals surface area contributed by atoms with Gasteiger partial charge in [0, 0.05) is 61.5 Å². The van der Waals surface area contributed by atoms with Gasteiger partial charge in [0.05, 0.1) is 28.6 Å². The maximum atomic E-state index is 17.2. The van der Waals surface area contributed by atoms with Crippen molar-refractivity contribution in [1.82, 2.24) is 24.8 Å². The number of anilines is 2. The molecule has 2 amide bonds. The van der Waals surface area contributed by atoms with Gasteiger partial charge in [0.1, 0.15) is 41.4 Å². The normalized spacial score (nSPS) is 22.6. The second-order valence-electron chi connectivity index (χ2n) is 15.7. The Kier molecular flexibility index (Phi) is 9.23. The van der Waals surface area contributed by atoms with Crippen molar-refractivity contribution in [2.75, 3.05) is 49.6 Å². The van der Waals surface area contributed by atoms with Crippen LogP contribution < -0.4 is 14.5 Å². The summed E-state index contributed by atoms with van der Waals surface area (Å²) < 4.78 is 53.2. The highest BCUT2D eigenvalue weighted by atomic mass is 19.1. The van der Waals surface area contributed by atoms with Crippen molar-refractivity contribution in [2.45, 2.75) is 55.9 Å². The van der Waals surface area contributed by atoms with E-state index < -0.39 is 23.3 Å². The molecule has 58 heavy (non-hydrogen) atoms. The van der Waals surface area contributed by atoms with Crippen molar-refractivity contribution in [2.24, 2.45) is 0 Å². The first kappa shape index (κ1) is 37.4. The summed E-state index contributed by atoms with van der Waals surface area (Å²) in [5, 5.41) is 11.6. The summed E-state index contributed by atoms with van der Waals surface area (Å²) in [6, 6.07) is 11.7. The van der Waals surface area contributed by atoms with Crippen LogP contribution in [0.4, 0.5) is 24.7 Å². The number of aromatic hydroxyl groups is 1. The molecule has 6 heterocycles. The van der Waals surface area contributed by atoms with Crippen LogP contribution in [0, 0.1) is 24.0 Å². The van der Waals surface area contributed by atoms with Crippen molar-refractivity contribution in [3.8, 4) is 35.4 Å². The van der Waals surface area contributed by atoms with Gasteiger partial charge < -0.3 is 24.5 Å². The van der Waals surface area contributed by atoms with Gasteiger partial charge in [0.2, 0.25) is 5.91 Å². The minimum absolute atomic E-state index is 0.0826. The number of likely N-dealkylation sites (N-methyl/N-ethyl adjacent to an activating group) is 1. The molecule has 0 spiro atoms. The number of alkyl halides is 1. The molecular formula is C44H40F3N7O4. The molecule has 0 aliphatic carbocycles. The number of amides is 2. The number of ether oxygens (including phenoxy) is 1. The van der Waals surface area contributed by atoms with Gasteiger partial charge in [-0.2, -0.15) is 9.97 Å². The molecule has 4 fully saturated rings. The van der Waals surface area contributed by atoms with Gasteiger partial charge in [-0.15, -0.1) is 6.42 Å². The highest BCUT2D eigenvalue weighted by molar-refractivity contribution is 6.04. The topological polar surface area (TPSA) is 115 Å². The van der Waals surface area contributed by atoms with Crippen LogP contribution in [0.15, 0.2) is 67.4 Å². The van der Waals surface area contributed by atoms with Crippen molar-refractivity contribution in [1.29, 1.82) is 0 Å². The van der Waals surface area contributed by atoms with Gasteiger partial charge in [0.15, 0.2) is 5.82 Å². The third-order valence-corrected chi connectivity index (χ3v) is 12.3. The number of fused-ring (bicyclic) bond motifs is 5. The lowest BCUT2D eigenvalue weighted by Gasteiger charge is -2.42. The fraction of sp³-hybridized carbons (Fsp3) is 0.341. The molecule has 4 unspecified atom stereocenters. The summed E-state index contributed by atoms with van der Waals surface area (Å²) in [5.41, 5.74) is 0.151. The lowest BCUT2D eigenvalue weighted by molar-refractivity contribution is -0.113. The van der Waals surface area contributed by atoms with E-state index in [2.05, 4.69) is 27.4 Å². The molecular weight excluding hydrogens is 748 g/mol. The highest BCUT2D eigenvalue weighted by Crippen LogP contribution is 2.43. The monoisotopic (exact) mass is 787 g/mol. The Morgan fingerprint density at radius 2 is 1.91 bits per heavy atom. The highest BCUT2D eigenvalue weighted by Gasteiger charge is 2.50. The van der Waals surface area contributed by atoms with Crippen molar-refractivity contribution >= 4 is 45.0 Å². The maximum absolute atomic E-state index is 17.2. The Balaban J connectivity index is 1.11. The lowest BCUT2D eigenvalue weighted by atomic mass is 9.95. The number of terminal acetylenes is 1. The third-order valence-electron chi connectivity index (χ3n) is 12.3. The molecule has 4 saturated heterocycles. The smallest absolute Gasteiger partial charge is 0.319 e. The van der Waals surface area contributed by atoms with Crippen molar-refractivity contribution in [3.05, 3.63) is 90.1 Å². The SMILES string of the molecule is C#Cc1c(F)ccc2cc(O)cc(-c3ncc4c(N5CC6CCC(C5)N6C(=O)c5cccc(N(C)C(=O)C=C)c5)nc(OCC56CCCN5CC(F)C6)nc4c3F)c12. The van der Waals surface area contributed by atoms with Crippen LogP contribution in [0.25, 0.3) is 32.9 Å². The number of hydrogen-bond donors (Lipinski definition) is 1. The number of phenols is 1. The molecule has 5 aromatic rings. The number of phenolic OH excluding ortho intramolecular Hbond substituents is 1. The second kappa shape index (κ2) is 14.3. The van der Waals surface area contributed by atoms with E-state index in [0.717, 1.165) is 32.2 Å². The quantitative estimate of drug-likeness (QED) is 0.141. The van der Waals surface area contributed by atoms with Crippen LogP contribution in [0.3, 0.4) is 0 Å². The van der Waals surface area contributed by atoms with Gasteiger partial charge in [-0.3, -0.25) is 19.5 Å². The summed E-state index contributed by atoms with van der Waals surface area (Å²) >= 11 is 0. The zero-order valence-electron chi connectivity index (χ0n) is 31.8. The summed E-state index contributed by atoms with van der Waals surface area (Å²) in [6.07, 6.45) is 10.8. The van der Waals surface area contributed by atoms with E-state index in [-0.39, 0.29) is 75.4 Å². The molecule has 0 radical (unpaired) electrons. The summed E-state index contributed by atoms with van der Waals surface area (Å²) in [4.78, 5) is 47.8. The molecule has 1 N–H and O–H groups in total. The Labute approximate surface area is 332 Å². The second-order valence-corrected chi connectivity index (χ2v) is 15.7. The Morgan fingerprint density at radius 3 is 2.67 bits per heavy atom. The van der Waals surface area contributed by atoms with Gasteiger partial charge in [0.25, 0.3) is 5.91 Å². The fourth-order valence-electron chi connectivity index (χ4n) is 9.58. The number of carbonyl (C=O) groups excluding carboxylic acids is 2. The number of rotatable bonds is 8. The van der Waals surface area contributed by atoms with E-state index in [0.29, 0.717) is 48.5 Å². The van der Waals surface area contributed by atoms with E-state index in [9.17, 15) is 19.1 Å². The summed E-state index contributed by atoms with van der Waals surface area (Å²) in [7, 11) is 1.62. The molecule has 3 aromatic carbocycles. The number of hydrogen-bond acceptors (Lipinski definition) is 9. The molecule has 4 aliphatic rings. The number of aromatic nitrogens is 3. The first-order valence-corrected chi connectivity index (χ1v) is 19.4. The minimum atomic E-state index is -0.981. The number of halogens is 3. The first-order chi connectivity index (χ1) is 28.0. The van der Waals surface area contributed by atoms with E-state index in [1.807, 2.05) is 9.80 Å². The zero-order valence-corrected chi connectivity index (χ0v) is 31.8. The largest absolute Gasteiger partial charge is 0.508 e. The Morgan fingerprint density at radius 1 is 1.12 bits per heavy atom. The van der Waals surface area contributed by atoms with E-state index >= 15 is 8.78 Å². The molecule has 296 valence electrons. The van der Waals surface area contributed by atoms with Crippen molar-refractivity contribution in [3.63, 3.8) is 0 Å². The van der Waals surface area contributed by atoms with Crippen LogP contribution >= 0.6 is 0 Å². The van der Waals surface area contributed by atoms with Crippen LogP contribution in [-0.2, 0) is 4.79 Å². The number of pyridine rings is 1. The predicted molar refractivity (Wildman–Crippen MR) is 214 cm³/mol. The van der Waals surface area contributed by atoms with Gasteiger partial charge in [-0.25, -0.2) is 13.2 Å². The Hall–Kier alpha value is -6.20. The average molecular weight is 788 g/mol. The molecule has 14 heteroatoms. The first-order valence-electron chi connectivity index (χ1n) is 19.4. The standard InChI is InChI=1S/C44H40F3N7O4/c1-4-32-35(46)13-10-25-17-31(55)18-33(37(25)32)39-38(47)40-34(20-48-39)41(50-43(49-40)58-24-44-14-7-15-53(44)21-27(45)19-44)52-22-29-11-12-30(23-52)54(29)42(57)26-8-6-9-28(16-26)51(3)36(56)5-2/h1,5-6,8-10,13,16-18,20,27,29-30,55H,2,7,11-12,14-15,19,21-24H2,3H3. The molecule has 2 aromatic heterocycles. The van der Waals surface area contributed by atoms with Gasteiger partial charge >= 0.3 is 6.01 Å². The Bertz CT molecular complexity index is 2570. The summed E-state index contributed by atoms with van der Waals surface area (Å²) in [5.74, 6) is 0.539. The van der Waals surface area contributed by atoms with E-state index in [4.69, 9.17) is 16.1 Å².